The summed E-state index contributed by atoms with van der Waals surface area (Å²) in [5.41, 5.74) is 1.10. The summed E-state index contributed by atoms with van der Waals surface area (Å²) in [7, 11) is -2.92. The van der Waals surface area contributed by atoms with Crippen molar-refractivity contribution in [2.45, 2.75) is 18.7 Å². The molecule has 0 spiro atoms. The first-order chi connectivity index (χ1) is 13.2. The lowest BCUT2D eigenvalue weighted by molar-refractivity contribution is -0.138. The van der Waals surface area contributed by atoms with Crippen LogP contribution >= 0.6 is 11.6 Å². The summed E-state index contributed by atoms with van der Waals surface area (Å²) in [4.78, 5) is 23.8. The van der Waals surface area contributed by atoms with Crippen LogP contribution in [0.5, 0.6) is 0 Å². The second-order valence-electron chi connectivity index (χ2n) is 5.79. The average Bonchev–Trinajstić information content (AvgIpc) is 2.66. The summed E-state index contributed by atoms with van der Waals surface area (Å²) in [5.74, 6) is -1.37. The minimum atomic E-state index is -4.08. The summed E-state index contributed by atoms with van der Waals surface area (Å²) < 4.78 is 36.6. The number of carbonyl (C=O) groups is 2. The minimum absolute atomic E-state index is 0.00456. The smallest absolute Gasteiger partial charge is 0.339 e. The number of hydrogen-bond donors (Lipinski definition) is 0. The molecule has 0 saturated carbocycles. The maximum atomic E-state index is 13.1. The Kier molecular flexibility index (Phi) is 7.04. The third kappa shape index (κ3) is 4.82. The van der Waals surface area contributed by atoms with E-state index in [1.165, 1.54) is 30.3 Å². The van der Waals surface area contributed by atoms with E-state index in [1.54, 1.807) is 19.1 Å². The molecule has 7 nitrogen and oxygen atoms in total. The van der Waals surface area contributed by atoms with Gasteiger partial charge in [0.15, 0.2) is 0 Å². The van der Waals surface area contributed by atoms with Crippen LogP contribution < -0.4 is 4.31 Å². The zero-order chi connectivity index (χ0) is 20.9. The van der Waals surface area contributed by atoms with Crippen molar-refractivity contribution >= 4 is 39.3 Å². The first kappa shape index (κ1) is 21.7. The molecule has 2 aromatic carbocycles. The topological polar surface area (TPSA) is 90.0 Å². The van der Waals surface area contributed by atoms with Crippen molar-refractivity contribution in [1.29, 1.82) is 0 Å². The minimum Gasteiger partial charge on any atom is -0.468 e. The van der Waals surface area contributed by atoms with Crippen LogP contribution in [0.3, 0.4) is 0 Å². The molecule has 0 aliphatic heterocycles. The Morgan fingerprint density at radius 1 is 1.11 bits per heavy atom. The molecule has 0 saturated heterocycles. The highest BCUT2D eigenvalue weighted by atomic mass is 35.5. The highest BCUT2D eigenvalue weighted by molar-refractivity contribution is 7.92. The fraction of sp³-hybridized carbons (Fsp3) is 0.263. The number of hydrogen-bond acceptors (Lipinski definition) is 6. The van der Waals surface area contributed by atoms with Gasteiger partial charge in [0.25, 0.3) is 10.0 Å². The Morgan fingerprint density at radius 3 is 2.29 bits per heavy atom. The Hall–Kier alpha value is -2.58. The van der Waals surface area contributed by atoms with Crippen LogP contribution in [0.15, 0.2) is 47.4 Å². The molecule has 9 heteroatoms. The molecule has 0 unspecified atom stereocenters. The van der Waals surface area contributed by atoms with Crippen molar-refractivity contribution in [1.82, 2.24) is 0 Å². The van der Waals surface area contributed by atoms with Crippen molar-refractivity contribution in [3.8, 4) is 0 Å². The van der Waals surface area contributed by atoms with Gasteiger partial charge in [0.1, 0.15) is 6.54 Å². The third-order valence-corrected chi connectivity index (χ3v) is 5.95. The number of anilines is 1. The average molecular weight is 426 g/mol. The van der Waals surface area contributed by atoms with Crippen LogP contribution in [0, 0.1) is 6.92 Å². The van der Waals surface area contributed by atoms with Gasteiger partial charge in [-0.05, 0) is 44.2 Å². The van der Waals surface area contributed by atoms with E-state index in [0.717, 1.165) is 17.0 Å². The Balaban J connectivity index is 2.52. The van der Waals surface area contributed by atoms with Crippen LogP contribution in [0.4, 0.5) is 5.69 Å². The third-order valence-electron chi connectivity index (χ3n) is 3.85. The molecule has 0 aliphatic rings. The molecule has 0 N–H and O–H groups in total. The lowest BCUT2D eigenvalue weighted by Gasteiger charge is -2.24. The van der Waals surface area contributed by atoms with Crippen LogP contribution in [0.25, 0.3) is 0 Å². The lowest BCUT2D eigenvalue weighted by Crippen LogP contribution is -2.36. The normalized spacial score (nSPS) is 11.0. The number of ether oxygens (including phenoxy) is 2. The molecule has 0 atom stereocenters. The fourth-order valence-electron chi connectivity index (χ4n) is 2.37. The summed E-state index contributed by atoms with van der Waals surface area (Å²) in [5, 5.41) is 0.00456. The number of rotatable bonds is 7. The van der Waals surface area contributed by atoms with Crippen LogP contribution in [-0.4, -0.2) is 40.6 Å². The number of nitrogens with zero attached hydrogens (tertiary/aromatic N) is 1. The van der Waals surface area contributed by atoms with Crippen LogP contribution in [0.2, 0.25) is 5.02 Å². The van der Waals surface area contributed by atoms with Crippen molar-refractivity contribution in [2.75, 3.05) is 24.6 Å². The van der Waals surface area contributed by atoms with E-state index in [0.29, 0.717) is 0 Å². The second-order valence-corrected chi connectivity index (χ2v) is 8.05. The zero-order valence-corrected chi connectivity index (χ0v) is 17.2. The Labute approximate surface area is 168 Å². The van der Waals surface area contributed by atoms with Gasteiger partial charge >= 0.3 is 11.9 Å². The van der Waals surface area contributed by atoms with Gasteiger partial charge in [-0.15, -0.1) is 0 Å². The quantitative estimate of drug-likeness (QED) is 0.633. The second kappa shape index (κ2) is 9.07. The first-order valence-corrected chi connectivity index (χ1v) is 10.2. The molecule has 0 radical (unpaired) electrons. The molecule has 0 aliphatic carbocycles. The monoisotopic (exact) mass is 425 g/mol. The highest BCUT2D eigenvalue weighted by Crippen LogP contribution is 2.29. The number of aryl methyl sites for hydroxylation is 1. The van der Waals surface area contributed by atoms with E-state index >= 15 is 0 Å². The van der Waals surface area contributed by atoms with E-state index in [-0.39, 0.29) is 27.8 Å². The molecule has 150 valence electrons. The van der Waals surface area contributed by atoms with Crippen LogP contribution in [-0.2, 0) is 24.3 Å². The summed E-state index contributed by atoms with van der Waals surface area (Å²) in [6, 6.07) is 10.2. The Bertz CT molecular complexity index is 972. The number of carbonyl (C=O) groups excluding carboxylic acids is 2. The molecule has 0 heterocycles. The van der Waals surface area contributed by atoms with E-state index in [9.17, 15) is 18.0 Å². The van der Waals surface area contributed by atoms with Gasteiger partial charge in [-0.1, -0.05) is 29.3 Å². The van der Waals surface area contributed by atoms with Gasteiger partial charge in [-0.25, -0.2) is 13.2 Å². The molecule has 0 bridgehead atoms. The Morgan fingerprint density at radius 2 is 1.75 bits per heavy atom. The highest BCUT2D eigenvalue weighted by Gasteiger charge is 2.28. The predicted octanol–water partition coefficient (Wildman–Crippen LogP) is 3.19. The van der Waals surface area contributed by atoms with E-state index in [4.69, 9.17) is 16.3 Å². The van der Waals surface area contributed by atoms with Gasteiger partial charge in [-0.3, -0.25) is 9.10 Å². The molecule has 28 heavy (non-hydrogen) atoms. The maximum absolute atomic E-state index is 13.1. The fourth-order valence-corrected chi connectivity index (χ4v) is 4.02. The predicted molar refractivity (Wildman–Crippen MR) is 105 cm³/mol. The van der Waals surface area contributed by atoms with Crippen LogP contribution in [0.1, 0.15) is 22.8 Å². The van der Waals surface area contributed by atoms with Gasteiger partial charge in [0.2, 0.25) is 0 Å². The van der Waals surface area contributed by atoms with E-state index in [2.05, 4.69) is 4.74 Å². The SMILES string of the molecule is CCOC(=O)c1ccc(N(CC(=O)OC)S(=O)(=O)c2ccc(C)cc2)cc1Cl. The summed E-state index contributed by atoms with van der Waals surface area (Å²) in [6.07, 6.45) is 0. The summed E-state index contributed by atoms with van der Waals surface area (Å²) in [6.45, 7) is 3.11. The molecular weight excluding hydrogens is 406 g/mol. The number of halogens is 1. The number of benzene rings is 2. The lowest BCUT2D eigenvalue weighted by atomic mass is 10.2. The van der Waals surface area contributed by atoms with E-state index < -0.39 is 28.5 Å². The maximum Gasteiger partial charge on any atom is 0.339 e. The van der Waals surface area contributed by atoms with Gasteiger partial charge < -0.3 is 9.47 Å². The number of sulfonamides is 1. The van der Waals surface area contributed by atoms with Crippen molar-refractivity contribution < 1.29 is 27.5 Å². The van der Waals surface area contributed by atoms with E-state index in [1.807, 2.05) is 6.92 Å². The van der Waals surface area contributed by atoms with Crippen molar-refractivity contribution in [3.63, 3.8) is 0 Å². The number of methoxy groups -OCH3 is 1. The molecule has 2 aromatic rings. The summed E-state index contributed by atoms with van der Waals surface area (Å²) >= 11 is 6.15. The molecule has 0 fully saturated rings. The number of esters is 2. The van der Waals surface area contributed by atoms with Gasteiger partial charge in [0.05, 0.1) is 34.9 Å². The zero-order valence-electron chi connectivity index (χ0n) is 15.6. The molecular formula is C19H20ClNO6S. The van der Waals surface area contributed by atoms with Gasteiger partial charge in [-0.2, -0.15) is 0 Å². The van der Waals surface area contributed by atoms with Gasteiger partial charge in [0, 0.05) is 0 Å². The molecule has 0 amide bonds. The standard InChI is InChI=1S/C19H20ClNO6S/c1-4-27-19(23)16-10-7-14(11-17(16)20)21(12-18(22)26-3)28(24,25)15-8-5-13(2)6-9-15/h5-11H,4,12H2,1-3H3. The van der Waals surface area contributed by atoms with Crippen molar-refractivity contribution in [2.24, 2.45) is 0 Å². The van der Waals surface area contributed by atoms with Crippen molar-refractivity contribution in [3.05, 3.63) is 58.6 Å². The molecule has 2 rings (SSSR count). The largest absolute Gasteiger partial charge is 0.468 e. The molecule has 0 aromatic heterocycles. The first-order valence-electron chi connectivity index (χ1n) is 8.33.